The third kappa shape index (κ3) is 2.96. The predicted molar refractivity (Wildman–Crippen MR) is 77.6 cm³/mol. The van der Waals surface area contributed by atoms with Gasteiger partial charge in [0.2, 0.25) is 0 Å². The Morgan fingerprint density at radius 3 is 2.55 bits per heavy atom. The number of aryl methyl sites for hydroxylation is 1. The van der Waals surface area contributed by atoms with Gasteiger partial charge < -0.3 is 10.5 Å². The van der Waals surface area contributed by atoms with E-state index in [2.05, 4.69) is 0 Å². The van der Waals surface area contributed by atoms with E-state index in [9.17, 15) is 4.39 Å². The number of halogens is 1. The predicted octanol–water partition coefficient (Wildman–Crippen LogP) is 3.25. The van der Waals surface area contributed by atoms with Crippen molar-refractivity contribution in [2.24, 2.45) is 5.73 Å². The highest BCUT2D eigenvalue weighted by Crippen LogP contribution is 2.21. The SMILES string of the molecule is CCc1ccccc1OCc1cccc(C(=N)N)c1F. The minimum Gasteiger partial charge on any atom is -0.489 e. The lowest BCUT2D eigenvalue weighted by atomic mass is 10.1. The van der Waals surface area contributed by atoms with Crippen LogP contribution < -0.4 is 10.5 Å². The zero-order chi connectivity index (χ0) is 14.5. The molecule has 0 aliphatic rings. The van der Waals surface area contributed by atoms with Crippen LogP contribution in [0.25, 0.3) is 0 Å². The second-order valence-corrected chi connectivity index (χ2v) is 4.44. The summed E-state index contributed by atoms with van der Waals surface area (Å²) in [6.45, 7) is 2.16. The largest absolute Gasteiger partial charge is 0.489 e. The summed E-state index contributed by atoms with van der Waals surface area (Å²) in [4.78, 5) is 0. The molecule has 0 bridgehead atoms. The topological polar surface area (TPSA) is 59.1 Å². The van der Waals surface area contributed by atoms with Crippen LogP contribution in [0.15, 0.2) is 42.5 Å². The minimum atomic E-state index is -0.492. The Kier molecular flexibility index (Phi) is 4.35. The summed E-state index contributed by atoms with van der Waals surface area (Å²) in [5, 5.41) is 7.33. The van der Waals surface area contributed by atoms with Crippen LogP contribution in [0.4, 0.5) is 4.39 Å². The van der Waals surface area contributed by atoms with Crippen molar-refractivity contribution in [1.82, 2.24) is 0 Å². The van der Waals surface area contributed by atoms with Crippen molar-refractivity contribution in [1.29, 1.82) is 5.41 Å². The number of nitrogens with one attached hydrogen (secondary N) is 1. The average molecular weight is 272 g/mol. The molecule has 0 amide bonds. The van der Waals surface area contributed by atoms with E-state index < -0.39 is 5.82 Å². The number of nitrogen functional groups attached to an aromatic ring is 1. The first kappa shape index (κ1) is 14.1. The molecule has 2 rings (SSSR count). The molecule has 0 aliphatic heterocycles. The maximum absolute atomic E-state index is 14.1. The number of hydrogen-bond donors (Lipinski definition) is 2. The van der Waals surface area contributed by atoms with Gasteiger partial charge in [-0.15, -0.1) is 0 Å². The molecule has 20 heavy (non-hydrogen) atoms. The first-order chi connectivity index (χ1) is 9.63. The van der Waals surface area contributed by atoms with Gasteiger partial charge in [-0.05, 0) is 24.1 Å². The molecule has 0 radical (unpaired) electrons. The minimum absolute atomic E-state index is 0.106. The molecule has 3 N–H and O–H groups in total. The van der Waals surface area contributed by atoms with Gasteiger partial charge >= 0.3 is 0 Å². The molecule has 2 aromatic carbocycles. The molecule has 0 aromatic heterocycles. The summed E-state index contributed by atoms with van der Waals surface area (Å²) in [5.41, 5.74) is 6.92. The highest BCUT2D eigenvalue weighted by molar-refractivity contribution is 5.95. The van der Waals surface area contributed by atoms with Crippen molar-refractivity contribution in [3.63, 3.8) is 0 Å². The molecule has 3 nitrogen and oxygen atoms in total. The molecule has 0 atom stereocenters. The molecule has 0 aliphatic carbocycles. The van der Waals surface area contributed by atoms with Gasteiger partial charge in [0.05, 0.1) is 5.56 Å². The van der Waals surface area contributed by atoms with Crippen molar-refractivity contribution in [2.75, 3.05) is 0 Å². The lowest BCUT2D eigenvalue weighted by molar-refractivity contribution is 0.297. The zero-order valence-corrected chi connectivity index (χ0v) is 11.3. The lowest BCUT2D eigenvalue weighted by Gasteiger charge is -2.12. The number of hydrogen-bond acceptors (Lipinski definition) is 2. The van der Waals surface area contributed by atoms with Crippen LogP contribution in [0.3, 0.4) is 0 Å². The second kappa shape index (κ2) is 6.19. The Morgan fingerprint density at radius 2 is 1.85 bits per heavy atom. The van der Waals surface area contributed by atoms with E-state index in [4.69, 9.17) is 15.9 Å². The maximum atomic E-state index is 14.1. The smallest absolute Gasteiger partial charge is 0.140 e. The van der Waals surface area contributed by atoms with E-state index in [1.807, 2.05) is 31.2 Å². The standard InChI is InChI=1S/C16H17FN2O/c1-2-11-6-3-4-9-14(11)20-10-12-7-5-8-13(15(12)17)16(18)19/h3-9H,2,10H2,1H3,(H3,18,19). The van der Waals surface area contributed by atoms with Crippen molar-refractivity contribution < 1.29 is 9.13 Å². The Hall–Kier alpha value is -2.36. The van der Waals surface area contributed by atoms with Crippen LogP contribution in [0.2, 0.25) is 0 Å². The van der Waals surface area contributed by atoms with Gasteiger partial charge in [0.1, 0.15) is 24.0 Å². The summed E-state index contributed by atoms with van der Waals surface area (Å²) in [7, 11) is 0. The van der Waals surface area contributed by atoms with E-state index in [0.29, 0.717) is 5.56 Å². The third-order valence-corrected chi connectivity index (χ3v) is 3.11. The molecule has 0 heterocycles. The van der Waals surface area contributed by atoms with E-state index in [0.717, 1.165) is 17.7 Å². The molecule has 0 spiro atoms. The molecule has 104 valence electrons. The van der Waals surface area contributed by atoms with Gasteiger partial charge in [-0.2, -0.15) is 0 Å². The number of amidine groups is 1. The van der Waals surface area contributed by atoms with Crippen LogP contribution in [-0.4, -0.2) is 5.84 Å². The fraction of sp³-hybridized carbons (Fsp3) is 0.188. The quantitative estimate of drug-likeness (QED) is 0.648. The molecule has 0 unspecified atom stereocenters. The molecule has 0 fully saturated rings. The molecular weight excluding hydrogens is 255 g/mol. The average Bonchev–Trinajstić information content (AvgIpc) is 2.46. The molecule has 0 saturated carbocycles. The first-order valence-electron chi connectivity index (χ1n) is 6.46. The van der Waals surface area contributed by atoms with Crippen LogP contribution in [-0.2, 0) is 13.0 Å². The van der Waals surface area contributed by atoms with Gasteiger partial charge in [0, 0.05) is 5.56 Å². The van der Waals surface area contributed by atoms with Crippen LogP contribution in [0.1, 0.15) is 23.6 Å². The van der Waals surface area contributed by atoms with Crippen LogP contribution in [0, 0.1) is 11.2 Å². The molecule has 4 heteroatoms. The van der Waals surface area contributed by atoms with E-state index in [1.165, 1.54) is 6.07 Å². The lowest BCUT2D eigenvalue weighted by Crippen LogP contribution is -2.14. The molecule has 0 saturated heterocycles. The van der Waals surface area contributed by atoms with Crippen molar-refractivity contribution in [3.8, 4) is 5.75 Å². The van der Waals surface area contributed by atoms with Crippen LogP contribution >= 0.6 is 0 Å². The van der Waals surface area contributed by atoms with Crippen LogP contribution in [0.5, 0.6) is 5.75 Å². The van der Waals surface area contributed by atoms with E-state index in [1.54, 1.807) is 12.1 Å². The number of para-hydroxylation sites is 1. The summed E-state index contributed by atoms with van der Waals surface area (Å²) in [5.74, 6) is -0.0186. The fourth-order valence-corrected chi connectivity index (χ4v) is 1.99. The summed E-state index contributed by atoms with van der Waals surface area (Å²) in [6, 6.07) is 12.5. The molecular formula is C16H17FN2O. The Balaban J connectivity index is 2.19. The monoisotopic (exact) mass is 272 g/mol. The van der Waals surface area contributed by atoms with Crippen molar-refractivity contribution in [3.05, 3.63) is 65.0 Å². The van der Waals surface area contributed by atoms with Crippen molar-refractivity contribution in [2.45, 2.75) is 20.0 Å². The maximum Gasteiger partial charge on any atom is 0.140 e. The summed E-state index contributed by atoms with van der Waals surface area (Å²) >= 11 is 0. The Morgan fingerprint density at radius 1 is 1.15 bits per heavy atom. The van der Waals surface area contributed by atoms with Gasteiger partial charge in [-0.3, -0.25) is 5.41 Å². The summed E-state index contributed by atoms with van der Waals surface area (Å²) in [6.07, 6.45) is 0.853. The number of nitrogens with two attached hydrogens (primary N) is 1. The Labute approximate surface area is 117 Å². The van der Waals surface area contributed by atoms with E-state index >= 15 is 0 Å². The molecule has 2 aromatic rings. The highest BCUT2D eigenvalue weighted by Gasteiger charge is 2.11. The normalized spacial score (nSPS) is 10.3. The first-order valence-corrected chi connectivity index (χ1v) is 6.46. The Bertz CT molecular complexity index is 626. The van der Waals surface area contributed by atoms with Gasteiger partial charge in [0.15, 0.2) is 0 Å². The van der Waals surface area contributed by atoms with E-state index in [-0.39, 0.29) is 18.0 Å². The number of ether oxygens (including phenoxy) is 1. The summed E-state index contributed by atoms with van der Waals surface area (Å²) < 4.78 is 19.8. The van der Waals surface area contributed by atoms with Gasteiger partial charge in [0.25, 0.3) is 0 Å². The van der Waals surface area contributed by atoms with Crippen molar-refractivity contribution >= 4 is 5.84 Å². The number of rotatable bonds is 5. The second-order valence-electron chi connectivity index (χ2n) is 4.44. The van der Waals surface area contributed by atoms with Gasteiger partial charge in [-0.25, -0.2) is 4.39 Å². The third-order valence-electron chi connectivity index (χ3n) is 3.11. The fourth-order valence-electron chi connectivity index (χ4n) is 1.99. The number of benzene rings is 2. The van der Waals surface area contributed by atoms with Gasteiger partial charge in [-0.1, -0.05) is 37.3 Å². The zero-order valence-electron chi connectivity index (χ0n) is 11.3. The highest BCUT2D eigenvalue weighted by atomic mass is 19.1.